The van der Waals surface area contributed by atoms with Crippen molar-refractivity contribution in [3.05, 3.63) is 29.3 Å². The van der Waals surface area contributed by atoms with Gasteiger partial charge in [-0.2, -0.15) is 0 Å². The fraction of sp³-hybridized carbons (Fsp3) is 0.333. The van der Waals surface area contributed by atoms with Gasteiger partial charge in [0.05, 0.1) is 24.4 Å². The highest BCUT2D eigenvalue weighted by molar-refractivity contribution is 5.97. The summed E-state index contributed by atoms with van der Waals surface area (Å²) in [5, 5.41) is 4.97. The van der Waals surface area contributed by atoms with Crippen LogP contribution in [-0.2, 0) is 9.53 Å². The molecule has 6 nitrogen and oxygen atoms in total. The molecule has 110 valence electrons. The summed E-state index contributed by atoms with van der Waals surface area (Å²) in [6, 6.07) is 1.36. The molecule has 1 aromatic rings. The lowest BCUT2D eigenvalue weighted by Gasteiger charge is -2.09. The fourth-order valence-electron chi connectivity index (χ4n) is 1.40. The largest absolute Gasteiger partial charge is 0.383 e. The van der Waals surface area contributed by atoms with Crippen LogP contribution < -0.4 is 16.4 Å². The molecule has 0 radical (unpaired) electrons. The molecule has 0 aliphatic rings. The molecular formula is C12H15F2N3O3. The Morgan fingerprint density at radius 2 is 2.00 bits per heavy atom. The minimum Gasteiger partial charge on any atom is -0.383 e. The predicted molar refractivity (Wildman–Crippen MR) is 68.3 cm³/mol. The van der Waals surface area contributed by atoms with Gasteiger partial charge >= 0.3 is 0 Å². The first kappa shape index (κ1) is 16.0. The average Bonchev–Trinajstić information content (AvgIpc) is 2.37. The topological polar surface area (TPSA) is 93.4 Å². The Morgan fingerprint density at radius 1 is 1.30 bits per heavy atom. The molecule has 0 bridgehead atoms. The Balaban J connectivity index is 2.69. The van der Waals surface area contributed by atoms with E-state index in [1.54, 1.807) is 0 Å². The maximum Gasteiger partial charge on any atom is 0.251 e. The Morgan fingerprint density at radius 3 is 2.60 bits per heavy atom. The number of carbonyl (C=O) groups excluding carboxylic acids is 2. The van der Waals surface area contributed by atoms with Crippen LogP contribution in [0.5, 0.6) is 0 Å². The third kappa shape index (κ3) is 4.56. The van der Waals surface area contributed by atoms with Crippen LogP contribution >= 0.6 is 0 Å². The highest BCUT2D eigenvalue weighted by atomic mass is 19.1. The van der Waals surface area contributed by atoms with Crippen molar-refractivity contribution in [2.45, 2.75) is 0 Å². The van der Waals surface area contributed by atoms with Crippen LogP contribution in [0, 0.1) is 11.6 Å². The summed E-state index contributed by atoms with van der Waals surface area (Å²) >= 11 is 0. The summed E-state index contributed by atoms with van der Waals surface area (Å²) in [7, 11) is 1.51. The van der Waals surface area contributed by atoms with Crippen molar-refractivity contribution < 1.29 is 23.1 Å². The summed E-state index contributed by atoms with van der Waals surface area (Å²) in [5.74, 6) is -3.65. The van der Waals surface area contributed by atoms with Crippen molar-refractivity contribution >= 4 is 17.5 Å². The Kier molecular flexibility index (Phi) is 6.01. The zero-order valence-electron chi connectivity index (χ0n) is 10.8. The van der Waals surface area contributed by atoms with E-state index in [0.717, 1.165) is 6.07 Å². The molecule has 0 saturated heterocycles. The zero-order chi connectivity index (χ0) is 15.1. The second-order valence-electron chi connectivity index (χ2n) is 3.89. The Hall–Kier alpha value is -2.06. The zero-order valence-corrected chi connectivity index (χ0v) is 10.8. The van der Waals surface area contributed by atoms with Gasteiger partial charge in [0.15, 0.2) is 0 Å². The van der Waals surface area contributed by atoms with Crippen LogP contribution in [0.4, 0.5) is 14.5 Å². The summed E-state index contributed by atoms with van der Waals surface area (Å²) in [6.07, 6.45) is 0. The van der Waals surface area contributed by atoms with Gasteiger partial charge in [0.25, 0.3) is 5.91 Å². The molecule has 1 aromatic carbocycles. The SMILES string of the molecule is COCCNCC(=O)Nc1cc(C(N)=O)c(F)cc1F. The molecule has 20 heavy (non-hydrogen) atoms. The van der Waals surface area contributed by atoms with E-state index in [1.165, 1.54) is 7.11 Å². The summed E-state index contributed by atoms with van der Waals surface area (Å²) < 4.78 is 31.4. The van der Waals surface area contributed by atoms with Crippen molar-refractivity contribution in [3.63, 3.8) is 0 Å². The molecule has 0 saturated carbocycles. The lowest BCUT2D eigenvalue weighted by Crippen LogP contribution is -2.30. The van der Waals surface area contributed by atoms with Gasteiger partial charge in [0.2, 0.25) is 5.91 Å². The molecule has 0 fully saturated rings. The van der Waals surface area contributed by atoms with Crippen molar-refractivity contribution in [2.75, 3.05) is 32.1 Å². The first-order valence-corrected chi connectivity index (χ1v) is 5.74. The van der Waals surface area contributed by atoms with Gasteiger partial charge in [0.1, 0.15) is 11.6 Å². The molecule has 0 spiro atoms. The monoisotopic (exact) mass is 287 g/mol. The van der Waals surface area contributed by atoms with E-state index < -0.39 is 29.0 Å². The number of nitrogens with one attached hydrogen (secondary N) is 2. The Bertz CT molecular complexity index is 509. The number of ether oxygens (including phenoxy) is 1. The van der Waals surface area contributed by atoms with Crippen LogP contribution in [-0.4, -0.2) is 38.6 Å². The van der Waals surface area contributed by atoms with Crippen LogP contribution in [0.2, 0.25) is 0 Å². The van der Waals surface area contributed by atoms with Crippen LogP contribution in [0.15, 0.2) is 12.1 Å². The van der Waals surface area contributed by atoms with E-state index in [9.17, 15) is 18.4 Å². The van der Waals surface area contributed by atoms with Crippen LogP contribution in [0.25, 0.3) is 0 Å². The maximum absolute atomic E-state index is 13.4. The smallest absolute Gasteiger partial charge is 0.251 e. The van der Waals surface area contributed by atoms with E-state index in [-0.39, 0.29) is 12.2 Å². The predicted octanol–water partition coefficient (Wildman–Crippen LogP) is 0.238. The standard InChI is InChI=1S/C12H15F2N3O3/c1-20-3-2-16-6-11(18)17-10-4-7(12(15)19)8(13)5-9(10)14/h4-5,16H,2-3,6H2,1H3,(H2,15,19)(H,17,18). The number of hydrogen-bond donors (Lipinski definition) is 3. The number of anilines is 1. The van der Waals surface area contributed by atoms with Gasteiger partial charge in [-0.1, -0.05) is 0 Å². The number of carbonyl (C=O) groups is 2. The number of nitrogens with two attached hydrogens (primary N) is 1. The molecule has 1 rings (SSSR count). The van der Waals surface area contributed by atoms with Gasteiger partial charge in [-0.15, -0.1) is 0 Å². The van der Waals surface area contributed by atoms with Crippen molar-refractivity contribution in [2.24, 2.45) is 5.73 Å². The fourth-order valence-corrected chi connectivity index (χ4v) is 1.40. The maximum atomic E-state index is 13.4. The molecule has 0 aromatic heterocycles. The lowest BCUT2D eigenvalue weighted by atomic mass is 10.1. The molecule has 0 unspecified atom stereocenters. The molecule has 4 N–H and O–H groups in total. The van der Waals surface area contributed by atoms with E-state index in [1.807, 2.05) is 0 Å². The minimum absolute atomic E-state index is 0.0773. The van der Waals surface area contributed by atoms with Gasteiger partial charge in [-0.25, -0.2) is 8.78 Å². The number of halogens is 2. The van der Waals surface area contributed by atoms with E-state index in [2.05, 4.69) is 10.6 Å². The number of primary amides is 1. The van der Waals surface area contributed by atoms with Gasteiger partial charge < -0.3 is 21.1 Å². The highest BCUT2D eigenvalue weighted by Gasteiger charge is 2.15. The molecular weight excluding hydrogens is 272 g/mol. The third-order valence-corrected chi connectivity index (χ3v) is 2.36. The van der Waals surface area contributed by atoms with Gasteiger partial charge in [0, 0.05) is 19.7 Å². The number of hydrogen-bond acceptors (Lipinski definition) is 4. The normalized spacial score (nSPS) is 10.3. The van der Waals surface area contributed by atoms with Crippen molar-refractivity contribution in [3.8, 4) is 0 Å². The number of methoxy groups -OCH3 is 1. The molecule has 0 atom stereocenters. The third-order valence-electron chi connectivity index (χ3n) is 2.36. The second kappa shape index (κ2) is 7.51. The minimum atomic E-state index is -1.08. The second-order valence-corrected chi connectivity index (χ2v) is 3.89. The van der Waals surface area contributed by atoms with E-state index >= 15 is 0 Å². The summed E-state index contributed by atoms with van der Waals surface area (Å²) in [4.78, 5) is 22.4. The van der Waals surface area contributed by atoms with E-state index in [0.29, 0.717) is 19.2 Å². The number of amides is 2. The molecule has 0 heterocycles. The molecule has 2 amide bonds. The van der Waals surface area contributed by atoms with E-state index in [4.69, 9.17) is 10.5 Å². The van der Waals surface area contributed by atoms with Crippen LogP contribution in [0.1, 0.15) is 10.4 Å². The first-order chi connectivity index (χ1) is 9.45. The van der Waals surface area contributed by atoms with Crippen molar-refractivity contribution in [1.82, 2.24) is 5.32 Å². The summed E-state index contributed by atoms with van der Waals surface area (Å²) in [6.45, 7) is 0.790. The van der Waals surface area contributed by atoms with Crippen LogP contribution in [0.3, 0.4) is 0 Å². The summed E-state index contributed by atoms with van der Waals surface area (Å²) in [5.41, 5.74) is 4.14. The number of rotatable bonds is 7. The molecule has 8 heteroatoms. The quantitative estimate of drug-likeness (QED) is 0.626. The van der Waals surface area contributed by atoms with Crippen molar-refractivity contribution in [1.29, 1.82) is 0 Å². The average molecular weight is 287 g/mol. The first-order valence-electron chi connectivity index (χ1n) is 5.74. The van der Waals surface area contributed by atoms with Gasteiger partial charge in [-0.3, -0.25) is 9.59 Å². The highest BCUT2D eigenvalue weighted by Crippen LogP contribution is 2.19. The van der Waals surface area contributed by atoms with Gasteiger partial charge in [-0.05, 0) is 6.07 Å². The Labute approximate surface area is 114 Å². The molecule has 0 aliphatic carbocycles. The lowest BCUT2D eigenvalue weighted by molar-refractivity contribution is -0.115. The number of benzene rings is 1. The molecule has 0 aliphatic heterocycles.